The van der Waals surface area contributed by atoms with E-state index in [0.29, 0.717) is 63.7 Å². The van der Waals surface area contributed by atoms with E-state index < -0.39 is 6.09 Å². The minimum Gasteiger partial charge on any atom is -0.465 e. The number of nitrogens with zero attached hydrogens (tertiary/aromatic N) is 7. The summed E-state index contributed by atoms with van der Waals surface area (Å²) in [5.74, 6) is 1.36. The first-order valence-electron chi connectivity index (χ1n) is 16.6. The first kappa shape index (κ1) is 31.8. The van der Waals surface area contributed by atoms with Crippen molar-refractivity contribution in [2.45, 2.75) is 25.3 Å². The van der Waals surface area contributed by atoms with Crippen molar-refractivity contribution in [2.24, 2.45) is 0 Å². The first-order valence-corrected chi connectivity index (χ1v) is 16.6. The summed E-state index contributed by atoms with van der Waals surface area (Å²) in [5.41, 5.74) is 4.12. The molecule has 3 fully saturated rings. The zero-order chi connectivity index (χ0) is 32.9. The van der Waals surface area contributed by atoms with Crippen molar-refractivity contribution in [3.63, 3.8) is 0 Å². The van der Waals surface area contributed by atoms with Gasteiger partial charge in [-0.25, -0.2) is 24.2 Å². The standard InChI is InChI=1S/C34H41N9O5/c44-33(36-26-5-1-24(2-6-26)9-12-40-15-19-47-20-16-40)37-27-7-3-25(4-8-27)30-38-31(41-17-21-48-22-18-41)29-23-35-43(32(29)39-30)28-10-13-42(14-11-28)34(45)46/h1-8,23,28H,9-22H2,(H,45,46)(H2,36,37,44). The lowest BCUT2D eigenvalue weighted by Crippen LogP contribution is -2.38. The zero-order valence-electron chi connectivity index (χ0n) is 26.9. The highest BCUT2D eigenvalue weighted by atomic mass is 16.5. The number of benzene rings is 2. The molecule has 0 spiro atoms. The molecule has 14 nitrogen and oxygen atoms in total. The molecule has 0 saturated carbocycles. The molecule has 3 saturated heterocycles. The molecule has 252 valence electrons. The summed E-state index contributed by atoms with van der Waals surface area (Å²) < 4.78 is 12.9. The number of likely N-dealkylation sites (tertiary alicyclic amines) is 1. The van der Waals surface area contributed by atoms with Crippen LogP contribution in [0.1, 0.15) is 24.4 Å². The number of rotatable bonds is 8. The number of anilines is 3. The van der Waals surface area contributed by atoms with E-state index >= 15 is 0 Å². The normalized spacial score (nSPS) is 17.8. The largest absolute Gasteiger partial charge is 0.465 e. The van der Waals surface area contributed by atoms with E-state index in [0.717, 1.165) is 67.4 Å². The van der Waals surface area contributed by atoms with Crippen LogP contribution in [0.15, 0.2) is 54.7 Å². The molecule has 3 aliphatic heterocycles. The molecule has 4 aromatic rings. The summed E-state index contributed by atoms with van der Waals surface area (Å²) in [6.07, 6.45) is 3.21. The Bertz CT molecular complexity index is 1710. The van der Waals surface area contributed by atoms with Crippen LogP contribution in [0.25, 0.3) is 22.4 Å². The Morgan fingerprint density at radius 1 is 0.812 bits per heavy atom. The van der Waals surface area contributed by atoms with Gasteiger partial charge >= 0.3 is 12.1 Å². The van der Waals surface area contributed by atoms with E-state index in [2.05, 4.69) is 32.6 Å². The van der Waals surface area contributed by atoms with E-state index in [9.17, 15) is 14.7 Å². The number of urea groups is 1. The van der Waals surface area contributed by atoms with Gasteiger partial charge in [0.1, 0.15) is 5.82 Å². The Morgan fingerprint density at radius 2 is 1.44 bits per heavy atom. The molecule has 3 N–H and O–H groups in total. The highest BCUT2D eigenvalue weighted by Gasteiger charge is 2.27. The van der Waals surface area contributed by atoms with Gasteiger partial charge in [-0.15, -0.1) is 0 Å². The monoisotopic (exact) mass is 655 g/mol. The highest BCUT2D eigenvalue weighted by molar-refractivity contribution is 6.00. The van der Waals surface area contributed by atoms with Gasteiger partial charge in [0.15, 0.2) is 11.5 Å². The lowest BCUT2D eigenvalue weighted by atomic mass is 10.1. The number of fused-ring (bicyclic) bond motifs is 1. The van der Waals surface area contributed by atoms with Crippen LogP contribution in [0.5, 0.6) is 0 Å². The van der Waals surface area contributed by atoms with Crippen LogP contribution in [0.4, 0.5) is 26.8 Å². The number of hydrogen-bond acceptors (Lipinski definition) is 9. The van der Waals surface area contributed by atoms with Crippen LogP contribution < -0.4 is 15.5 Å². The predicted molar refractivity (Wildman–Crippen MR) is 182 cm³/mol. The second-order valence-electron chi connectivity index (χ2n) is 12.4. The number of carbonyl (C=O) groups is 2. The Kier molecular flexibility index (Phi) is 9.63. The van der Waals surface area contributed by atoms with Gasteiger partial charge in [0.2, 0.25) is 0 Å². The highest BCUT2D eigenvalue weighted by Crippen LogP contribution is 2.32. The minimum absolute atomic E-state index is 0.0368. The molecule has 0 unspecified atom stereocenters. The molecule has 0 atom stereocenters. The van der Waals surface area contributed by atoms with Crippen LogP contribution in [0, 0.1) is 0 Å². The lowest BCUT2D eigenvalue weighted by molar-refractivity contribution is 0.0384. The van der Waals surface area contributed by atoms with Gasteiger partial charge in [-0.2, -0.15) is 5.10 Å². The zero-order valence-corrected chi connectivity index (χ0v) is 26.9. The summed E-state index contributed by atoms with van der Waals surface area (Å²) in [4.78, 5) is 40.3. The first-order chi connectivity index (χ1) is 23.5. The van der Waals surface area contributed by atoms with Gasteiger partial charge in [0, 0.05) is 62.8 Å². The molecule has 14 heteroatoms. The second-order valence-corrected chi connectivity index (χ2v) is 12.4. The molecule has 0 radical (unpaired) electrons. The molecule has 0 bridgehead atoms. The van der Waals surface area contributed by atoms with E-state index in [-0.39, 0.29) is 12.1 Å². The summed E-state index contributed by atoms with van der Waals surface area (Å²) in [7, 11) is 0. The average Bonchev–Trinajstić information content (AvgIpc) is 3.56. The fourth-order valence-corrected chi connectivity index (χ4v) is 6.49. The van der Waals surface area contributed by atoms with Crippen molar-refractivity contribution in [3.8, 4) is 11.4 Å². The Labute approximate surface area is 278 Å². The maximum atomic E-state index is 12.8. The molecule has 5 heterocycles. The topological polar surface area (TPSA) is 150 Å². The van der Waals surface area contributed by atoms with Crippen molar-refractivity contribution in [1.29, 1.82) is 0 Å². The molecule has 3 aliphatic rings. The molecule has 48 heavy (non-hydrogen) atoms. The van der Waals surface area contributed by atoms with Crippen LogP contribution in [0.2, 0.25) is 0 Å². The maximum Gasteiger partial charge on any atom is 0.407 e. The minimum atomic E-state index is -0.891. The molecule has 7 rings (SSSR count). The number of nitrogens with one attached hydrogen (secondary N) is 2. The molecule has 0 aliphatic carbocycles. The third kappa shape index (κ3) is 7.35. The van der Waals surface area contributed by atoms with Crippen molar-refractivity contribution in [2.75, 3.05) is 87.8 Å². The summed E-state index contributed by atoms with van der Waals surface area (Å²) in [5, 5.41) is 20.8. The van der Waals surface area contributed by atoms with E-state index in [1.807, 2.05) is 47.3 Å². The number of amides is 3. The Hall–Kier alpha value is -4.79. The average molecular weight is 656 g/mol. The molecular formula is C34H41N9O5. The quantitative estimate of drug-likeness (QED) is 0.253. The van der Waals surface area contributed by atoms with Crippen LogP contribution in [0.3, 0.4) is 0 Å². The number of hydrogen-bond donors (Lipinski definition) is 3. The van der Waals surface area contributed by atoms with Crippen LogP contribution in [-0.4, -0.2) is 119 Å². The van der Waals surface area contributed by atoms with Crippen molar-refractivity contribution in [1.82, 2.24) is 29.5 Å². The number of piperidine rings is 1. The van der Waals surface area contributed by atoms with Crippen LogP contribution >= 0.6 is 0 Å². The van der Waals surface area contributed by atoms with Gasteiger partial charge in [-0.05, 0) is 61.2 Å². The number of ether oxygens (including phenoxy) is 2. The van der Waals surface area contributed by atoms with Gasteiger partial charge in [-0.3, -0.25) is 4.90 Å². The number of morpholine rings is 2. The summed E-state index contributed by atoms with van der Waals surface area (Å²) in [6.45, 7) is 8.10. The van der Waals surface area contributed by atoms with Gasteiger partial charge in [0.05, 0.1) is 44.1 Å². The fourth-order valence-electron chi connectivity index (χ4n) is 6.49. The third-order valence-corrected chi connectivity index (χ3v) is 9.26. The third-order valence-electron chi connectivity index (χ3n) is 9.26. The Balaban J connectivity index is 1.03. The lowest BCUT2D eigenvalue weighted by Gasteiger charge is -2.30. The van der Waals surface area contributed by atoms with E-state index in [1.54, 1.807) is 0 Å². The summed E-state index contributed by atoms with van der Waals surface area (Å²) in [6, 6.07) is 15.1. The van der Waals surface area contributed by atoms with Gasteiger partial charge in [-0.1, -0.05) is 12.1 Å². The number of carboxylic acid groups (broad SMARTS) is 1. The fraction of sp³-hybridized carbons (Fsp3) is 0.441. The predicted octanol–water partition coefficient (Wildman–Crippen LogP) is 4.16. The van der Waals surface area contributed by atoms with E-state index in [4.69, 9.17) is 24.5 Å². The van der Waals surface area contributed by atoms with Crippen LogP contribution in [-0.2, 0) is 15.9 Å². The molecule has 2 aromatic carbocycles. The van der Waals surface area contributed by atoms with E-state index in [1.165, 1.54) is 10.5 Å². The second kappa shape index (κ2) is 14.5. The smallest absolute Gasteiger partial charge is 0.407 e. The Morgan fingerprint density at radius 3 is 2.08 bits per heavy atom. The SMILES string of the molecule is O=C(Nc1ccc(CCN2CCOCC2)cc1)Nc1ccc(-c2nc(N3CCOCC3)c3cnn(C4CCN(C(=O)O)CC4)c3n2)cc1. The van der Waals surface area contributed by atoms with Crippen molar-refractivity contribution in [3.05, 3.63) is 60.3 Å². The number of carbonyl (C=O) groups excluding carboxylic acids is 1. The molecule has 3 amide bonds. The molecule has 2 aromatic heterocycles. The van der Waals surface area contributed by atoms with Gasteiger partial charge < -0.3 is 35.0 Å². The summed E-state index contributed by atoms with van der Waals surface area (Å²) >= 11 is 0. The van der Waals surface area contributed by atoms with Crippen molar-refractivity contribution < 1.29 is 24.2 Å². The number of aromatic nitrogens is 4. The molecular weight excluding hydrogens is 614 g/mol. The van der Waals surface area contributed by atoms with Gasteiger partial charge in [0.25, 0.3) is 0 Å². The maximum absolute atomic E-state index is 12.8. The van der Waals surface area contributed by atoms with Crippen molar-refractivity contribution >= 4 is 40.4 Å².